The predicted molar refractivity (Wildman–Crippen MR) is 91.5 cm³/mol. The first kappa shape index (κ1) is 16.5. The van der Waals surface area contributed by atoms with Crippen LogP contribution in [0.1, 0.15) is 11.4 Å². The highest BCUT2D eigenvalue weighted by Crippen LogP contribution is 2.24. The van der Waals surface area contributed by atoms with Gasteiger partial charge in [-0.25, -0.2) is 14.8 Å². The van der Waals surface area contributed by atoms with Crippen LogP contribution in [0.2, 0.25) is 0 Å². The van der Waals surface area contributed by atoms with Crippen LogP contribution in [0.5, 0.6) is 5.75 Å². The quantitative estimate of drug-likeness (QED) is 0.907. The zero-order valence-corrected chi connectivity index (χ0v) is 14.0. The number of aromatic nitrogens is 2. The standard InChI is InChI=1S/C16H21N5O2/c1-10-14(11(2)18-15(17-10)21(3)4)20-16(22)19-12-8-6-7-9-13(12)23-5/h6-9H,1-5H3,(H2,19,20,22). The maximum Gasteiger partial charge on any atom is 0.323 e. The summed E-state index contributed by atoms with van der Waals surface area (Å²) in [5, 5.41) is 5.56. The van der Waals surface area contributed by atoms with Crippen LogP contribution < -0.4 is 20.3 Å². The van der Waals surface area contributed by atoms with Gasteiger partial charge < -0.3 is 20.3 Å². The number of benzene rings is 1. The Morgan fingerprint density at radius 2 is 1.70 bits per heavy atom. The Morgan fingerprint density at radius 3 is 2.26 bits per heavy atom. The van der Waals surface area contributed by atoms with E-state index in [9.17, 15) is 4.79 Å². The highest BCUT2D eigenvalue weighted by atomic mass is 16.5. The SMILES string of the molecule is COc1ccccc1NC(=O)Nc1c(C)nc(N(C)C)nc1C. The van der Waals surface area contributed by atoms with E-state index in [-0.39, 0.29) is 6.03 Å². The van der Waals surface area contributed by atoms with Gasteiger partial charge in [0.2, 0.25) is 5.95 Å². The molecular formula is C16H21N5O2. The molecule has 0 aliphatic carbocycles. The van der Waals surface area contributed by atoms with Crippen LogP contribution in [0.3, 0.4) is 0 Å². The van der Waals surface area contributed by atoms with Crippen LogP contribution >= 0.6 is 0 Å². The Hall–Kier alpha value is -2.83. The molecule has 1 heterocycles. The fourth-order valence-electron chi connectivity index (χ4n) is 2.09. The maximum atomic E-state index is 12.2. The minimum Gasteiger partial charge on any atom is -0.495 e. The van der Waals surface area contributed by atoms with Gasteiger partial charge in [-0.15, -0.1) is 0 Å². The molecule has 2 rings (SSSR count). The summed E-state index contributed by atoms with van der Waals surface area (Å²) >= 11 is 0. The topological polar surface area (TPSA) is 79.4 Å². The number of para-hydroxylation sites is 2. The number of aryl methyl sites for hydroxylation is 2. The van der Waals surface area contributed by atoms with Crippen molar-refractivity contribution in [2.24, 2.45) is 0 Å². The average molecular weight is 315 g/mol. The van der Waals surface area contributed by atoms with Crippen LogP contribution in [0.4, 0.5) is 22.1 Å². The molecule has 1 aromatic carbocycles. The number of anilines is 3. The Morgan fingerprint density at radius 1 is 1.09 bits per heavy atom. The molecule has 0 aliphatic rings. The second-order valence-corrected chi connectivity index (χ2v) is 5.24. The number of nitrogens with one attached hydrogen (secondary N) is 2. The molecule has 0 radical (unpaired) electrons. The van der Waals surface area contributed by atoms with Crippen molar-refractivity contribution >= 4 is 23.4 Å². The highest BCUT2D eigenvalue weighted by molar-refractivity contribution is 6.01. The fourth-order valence-corrected chi connectivity index (χ4v) is 2.09. The molecule has 7 nitrogen and oxygen atoms in total. The van der Waals surface area contributed by atoms with Gasteiger partial charge >= 0.3 is 6.03 Å². The van der Waals surface area contributed by atoms with Gasteiger partial charge in [0.1, 0.15) is 5.75 Å². The monoisotopic (exact) mass is 315 g/mol. The van der Waals surface area contributed by atoms with Crippen LogP contribution in [0, 0.1) is 13.8 Å². The third kappa shape index (κ3) is 3.88. The smallest absolute Gasteiger partial charge is 0.323 e. The first-order chi connectivity index (χ1) is 10.9. The van der Waals surface area contributed by atoms with E-state index in [1.54, 1.807) is 19.2 Å². The highest BCUT2D eigenvalue weighted by Gasteiger charge is 2.13. The first-order valence-electron chi connectivity index (χ1n) is 7.16. The lowest BCUT2D eigenvalue weighted by atomic mass is 10.2. The van der Waals surface area contributed by atoms with Crippen molar-refractivity contribution in [3.05, 3.63) is 35.7 Å². The van der Waals surface area contributed by atoms with Crippen molar-refractivity contribution in [2.75, 3.05) is 36.7 Å². The molecule has 0 saturated heterocycles. The number of hydrogen-bond donors (Lipinski definition) is 2. The predicted octanol–water partition coefficient (Wildman–Crippen LogP) is 2.81. The molecule has 0 spiro atoms. The summed E-state index contributed by atoms with van der Waals surface area (Å²) < 4.78 is 5.21. The van der Waals surface area contributed by atoms with E-state index in [0.717, 1.165) is 0 Å². The Balaban J connectivity index is 2.17. The van der Waals surface area contributed by atoms with Gasteiger partial charge in [0.15, 0.2) is 0 Å². The zero-order valence-electron chi connectivity index (χ0n) is 14.0. The van der Waals surface area contributed by atoms with Crippen LogP contribution in [-0.2, 0) is 0 Å². The van der Waals surface area contributed by atoms with Gasteiger partial charge in [-0.05, 0) is 26.0 Å². The van der Waals surface area contributed by atoms with Gasteiger partial charge in [-0.2, -0.15) is 0 Å². The number of ether oxygens (including phenoxy) is 1. The minimum atomic E-state index is -0.373. The average Bonchev–Trinajstić information content (AvgIpc) is 2.51. The van der Waals surface area contributed by atoms with Gasteiger partial charge in [0.25, 0.3) is 0 Å². The number of methoxy groups -OCH3 is 1. The van der Waals surface area contributed by atoms with Crippen molar-refractivity contribution in [1.29, 1.82) is 0 Å². The molecule has 2 N–H and O–H groups in total. The molecule has 7 heteroatoms. The normalized spacial score (nSPS) is 10.1. The summed E-state index contributed by atoms with van der Waals surface area (Å²) in [5.74, 6) is 1.20. The lowest BCUT2D eigenvalue weighted by Crippen LogP contribution is -2.22. The molecule has 2 aromatic rings. The molecule has 0 saturated carbocycles. The molecule has 1 aromatic heterocycles. The Kier molecular flexibility index (Phi) is 5.00. The molecule has 0 unspecified atom stereocenters. The van der Waals surface area contributed by atoms with Gasteiger partial charge in [0, 0.05) is 14.1 Å². The molecule has 0 bridgehead atoms. The van der Waals surface area contributed by atoms with Crippen LogP contribution in [-0.4, -0.2) is 37.2 Å². The Labute approximate surface area is 135 Å². The maximum absolute atomic E-state index is 12.2. The van der Waals surface area contributed by atoms with Crippen molar-refractivity contribution in [1.82, 2.24) is 9.97 Å². The zero-order chi connectivity index (χ0) is 17.0. The van der Waals surface area contributed by atoms with Crippen molar-refractivity contribution in [2.45, 2.75) is 13.8 Å². The van der Waals surface area contributed by atoms with Gasteiger partial charge in [-0.1, -0.05) is 12.1 Å². The van der Waals surface area contributed by atoms with Crippen LogP contribution in [0.15, 0.2) is 24.3 Å². The number of carbonyl (C=O) groups is 1. The molecule has 2 amide bonds. The summed E-state index contributed by atoms with van der Waals surface area (Å²) in [7, 11) is 5.30. The fraction of sp³-hybridized carbons (Fsp3) is 0.312. The number of amides is 2. The summed E-state index contributed by atoms with van der Waals surface area (Å²) in [5.41, 5.74) is 2.60. The van der Waals surface area contributed by atoms with E-state index < -0.39 is 0 Å². The van der Waals surface area contributed by atoms with E-state index >= 15 is 0 Å². The second-order valence-electron chi connectivity index (χ2n) is 5.24. The lowest BCUT2D eigenvalue weighted by Gasteiger charge is -2.16. The Bertz CT molecular complexity index is 692. The third-order valence-electron chi connectivity index (χ3n) is 3.25. The van der Waals surface area contributed by atoms with Crippen molar-refractivity contribution < 1.29 is 9.53 Å². The number of carbonyl (C=O) groups excluding carboxylic acids is 1. The van der Waals surface area contributed by atoms with Crippen LogP contribution in [0.25, 0.3) is 0 Å². The summed E-state index contributed by atoms with van der Waals surface area (Å²) in [6, 6.07) is 6.83. The van der Waals surface area contributed by atoms with E-state index in [4.69, 9.17) is 4.74 Å². The molecule has 0 atom stereocenters. The number of urea groups is 1. The summed E-state index contributed by atoms with van der Waals surface area (Å²) in [6.45, 7) is 3.67. The number of rotatable bonds is 4. The van der Waals surface area contributed by atoms with Gasteiger partial charge in [0.05, 0.1) is 29.9 Å². The number of hydrogen-bond acceptors (Lipinski definition) is 5. The van der Waals surface area contributed by atoms with Crippen molar-refractivity contribution in [3.63, 3.8) is 0 Å². The molecule has 122 valence electrons. The molecule has 0 aliphatic heterocycles. The van der Waals surface area contributed by atoms with Crippen molar-refractivity contribution in [3.8, 4) is 5.75 Å². The minimum absolute atomic E-state index is 0.373. The van der Waals surface area contributed by atoms with E-state index in [0.29, 0.717) is 34.5 Å². The first-order valence-corrected chi connectivity index (χ1v) is 7.16. The van der Waals surface area contributed by atoms with E-state index in [1.807, 2.05) is 45.0 Å². The number of nitrogens with zero attached hydrogens (tertiary/aromatic N) is 3. The lowest BCUT2D eigenvalue weighted by molar-refractivity contribution is 0.262. The summed E-state index contributed by atoms with van der Waals surface area (Å²) in [4.78, 5) is 22.8. The largest absolute Gasteiger partial charge is 0.495 e. The molecular weight excluding hydrogens is 294 g/mol. The van der Waals surface area contributed by atoms with E-state index in [2.05, 4.69) is 20.6 Å². The molecule has 0 fully saturated rings. The third-order valence-corrected chi connectivity index (χ3v) is 3.25. The summed E-state index contributed by atoms with van der Waals surface area (Å²) in [6.07, 6.45) is 0. The second kappa shape index (κ2) is 6.95. The molecule has 23 heavy (non-hydrogen) atoms. The van der Waals surface area contributed by atoms with Gasteiger partial charge in [-0.3, -0.25) is 0 Å². The van der Waals surface area contributed by atoms with E-state index in [1.165, 1.54) is 0 Å².